The van der Waals surface area contributed by atoms with E-state index in [1.807, 2.05) is 18.2 Å². The summed E-state index contributed by atoms with van der Waals surface area (Å²) >= 11 is 0. The minimum absolute atomic E-state index is 0.0533. The summed E-state index contributed by atoms with van der Waals surface area (Å²) in [5, 5.41) is 7.44. The van der Waals surface area contributed by atoms with E-state index < -0.39 is 11.9 Å². The molecule has 0 amide bonds. The van der Waals surface area contributed by atoms with Crippen molar-refractivity contribution in [2.45, 2.75) is 24.8 Å². The molecule has 3 N–H and O–H groups in total. The van der Waals surface area contributed by atoms with Crippen LogP contribution in [0.15, 0.2) is 53.7 Å². The first-order valence-corrected chi connectivity index (χ1v) is 10.2. The number of hydrogen-bond acceptors (Lipinski definition) is 7. The highest BCUT2D eigenvalue weighted by atomic mass is 19.1. The predicted molar refractivity (Wildman–Crippen MR) is 116 cm³/mol. The van der Waals surface area contributed by atoms with Gasteiger partial charge in [0.2, 0.25) is 11.9 Å². The van der Waals surface area contributed by atoms with Crippen LogP contribution in [0, 0.1) is 5.82 Å². The minimum Gasteiger partial charge on any atom is -0.493 e. The number of methoxy groups -OCH3 is 2. The number of nitrogens with zero attached hydrogens (tertiary/aromatic N) is 3. The number of benzene rings is 2. The molecule has 8 nitrogen and oxygen atoms in total. The van der Waals surface area contributed by atoms with E-state index in [9.17, 15) is 9.18 Å². The smallest absolute Gasteiger partial charge is 0.241 e. The number of aromatic nitrogens is 3. The molecule has 0 unspecified atom stereocenters. The molecule has 0 radical (unpaired) electrons. The number of ketones is 1. The van der Waals surface area contributed by atoms with Crippen LogP contribution in [0.5, 0.6) is 11.5 Å². The van der Waals surface area contributed by atoms with Gasteiger partial charge in [-0.05, 0) is 36.1 Å². The highest BCUT2D eigenvalue weighted by molar-refractivity contribution is 6.00. The summed E-state index contributed by atoms with van der Waals surface area (Å²) in [7, 11) is 3.16. The molecule has 0 bridgehead atoms. The number of nitrogen functional groups attached to an aromatic ring is 1. The number of nitrogens with one attached hydrogen (secondary N) is 1. The van der Waals surface area contributed by atoms with Crippen LogP contribution in [0.25, 0.3) is 0 Å². The maximum Gasteiger partial charge on any atom is 0.241 e. The van der Waals surface area contributed by atoms with Gasteiger partial charge >= 0.3 is 0 Å². The molecule has 2 atom stereocenters. The van der Waals surface area contributed by atoms with Gasteiger partial charge in [0.05, 0.1) is 14.2 Å². The molecule has 0 spiro atoms. The summed E-state index contributed by atoms with van der Waals surface area (Å²) < 4.78 is 27.0. The van der Waals surface area contributed by atoms with Gasteiger partial charge in [0.1, 0.15) is 11.9 Å². The maximum absolute atomic E-state index is 14.8. The molecule has 0 fully saturated rings. The Kier molecular flexibility index (Phi) is 4.80. The van der Waals surface area contributed by atoms with Crippen molar-refractivity contribution in [2.24, 2.45) is 0 Å². The molecular weight excluding hydrogens is 413 g/mol. The summed E-state index contributed by atoms with van der Waals surface area (Å²) in [5.41, 5.74) is 8.33. The van der Waals surface area contributed by atoms with E-state index in [0.29, 0.717) is 40.7 Å². The van der Waals surface area contributed by atoms with Crippen molar-refractivity contribution in [3.05, 3.63) is 70.7 Å². The average molecular weight is 435 g/mol. The number of carbonyl (C=O) groups excluding carboxylic acids is 1. The van der Waals surface area contributed by atoms with Crippen LogP contribution >= 0.6 is 0 Å². The third-order valence-corrected chi connectivity index (χ3v) is 6.02. The first-order chi connectivity index (χ1) is 15.5. The lowest BCUT2D eigenvalue weighted by molar-refractivity contribution is -0.116. The van der Waals surface area contributed by atoms with Gasteiger partial charge in [-0.3, -0.25) is 4.79 Å². The van der Waals surface area contributed by atoms with Crippen LogP contribution in [-0.4, -0.2) is 34.8 Å². The molecule has 3 aromatic rings. The van der Waals surface area contributed by atoms with E-state index in [4.69, 9.17) is 15.2 Å². The van der Waals surface area contributed by atoms with Crippen LogP contribution in [0.4, 0.5) is 16.3 Å². The monoisotopic (exact) mass is 435 g/mol. The van der Waals surface area contributed by atoms with Gasteiger partial charge in [-0.15, -0.1) is 5.10 Å². The normalized spacial score (nSPS) is 19.8. The van der Waals surface area contributed by atoms with Crippen molar-refractivity contribution < 1.29 is 18.7 Å². The first-order valence-electron chi connectivity index (χ1n) is 10.2. The standard InChI is InChI=1S/C23H22FN5O3/c1-31-18-8-7-12(11-19(18)32-2)13-9-16-20(17(30)10-13)21(14-5-3-4-6-15(14)24)29-23(26-16)27-22(25)28-29/h3-8,11,13,21H,9-10H2,1-2H3,(H3,25,26,27,28)/t13-,21+/m0/s1. The number of ether oxygens (including phenoxy) is 2. The van der Waals surface area contributed by atoms with Crippen LogP contribution < -0.4 is 20.5 Å². The molecule has 2 aromatic carbocycles. The number of Topliss-reactive ketones (excluding diaryl/α,β-unsaturated/α-hetero) is 1. The van der Waals surface area contributed by atoms with Gasteiger partial charge in [-0.2, -0.15) is 4.98 Å². The number of carbonyl (C=O) groups is 1. The Labute approximate surface area is 183 Å². The highest BCUT2D eigenvalue weighted by Crippen LogP contribution is 2.45. The number of allylic oxidation sites excluding steroid dienone is 2. The Morgan fingerprint density at radius 2 is 1.91 bits per heavy atom. The molecule has 1 aliphatic heterocycles. The van der Waals surface area contributed by atoms with Crippen molar-refractivity contribution in [1.82, 2.24) is 14.8 Å². The van der Waals surface area contributed by atoms with Crippen molar-refractivity contribution in [3.63, 3.8) is 0 Å². The molecule has 9 heteroatoms. The van der Waals surface area contributed by atoms with E-state index in [0.717, 1.165) is 5.56 Å². The molecule has 1 aromatic heterocycles. The van der Waals surface area contributed by atoms with Gasteiger partial charge in [0.25, 0.3) is 0 Å². The van der Waals surface area contributed by atoms with Crippen molar-refractivity contribution in [1.29, 1.82) is 0 Å². The fraction of sp³-hybridized carbons (Fsp3) is 0.261. The summed E-state index contributed by atoms with van der Waals surface area (Å²) in [4.78, 5) is 17.7. The minimum atomic E-state index is -0.730. The predicted octanol–water partition coefficient (Wildman–Crippen LogP) is 3.43. The van der Waals surface area contributed by atoms with Crippen LogP contribution in [0.3, 0.4) is 0 Å². The zero-order valence-electron chi connectivity index (χ0n) is 17.6. The second-order valence-corrected chi connectivity index (χ2v) is 7.82. The molecule has 0 saturated carbocycles. The van der Waals surface area contributed by atoms with Gasteiger partial charge < -0.3 is 20.5 Å². The van der Waals surface area contributed by atoms with Crippen LogP contribution in [0.2, 0.25) is 0 Å². The summed E-state index contributed by atoms with van der Waals surface area (Å²) in [5.74, 6) is 1.09. The summed E-state index contributed by atoms with van der Waals surface area (Å²) in [6.45, 7) is 0. The van der Waals surface area contributed by atoms with E-state index in [2.05, 4.69) is 15.4 Å². The molecule has 2 heterocycles. The second kappa shape index (κ2) is 7.67. The number of hydrogen-bond donors (Lipinski definition) is 2. The molecule has 0 saturated heterocycles. The Morgan fingerprint density at radius 3 is 2.66 bits per heavy atom. The maximum atomic E-state index is 14.8. The zero-order chi connectivity index (χ0) is 22.4. The zero-order valence-corrected chi connectivity index (χ0v) is 17.6. The number of anilines is 2. The lowest BCUT2D eigenvalue weighted by atomic mass is 9.78. The van der Waals surface area contributed by atoms with Gasteiger partial charge in [0, 0.05) is 23.3 Å². The summed E-state index contributed by atoms with van der Waals surface area (Å²) in [6, 6.07) is 11.3. The third kappa shape index (κ3) is 3.17. The largest absolute Gasteiger partial charge is 0.493 e. The molecular formula is C23H22FN5O3. The fourth-order valence-electron chi connectivity index (χ4n) is 4.56. The molecule has 32 heavy (non-hydrogen) atoms. The summed E-state index contributed by atoms with van der Waals surface area (Å²) in [6.07, 6.45) is 0.828. The van der Waals surface area contributed by atoms with E-state index in [1.54, 1.807) is 32.4 Å². The fourth-order valence-corrected chi connectivity index (χ4v) is 4.56. The second-order valence-electron chi connectivity index (χ2n) is 7.82. The van der Waals surface area contributed by atoms with E-state index in [1.165, 1.54) is 10.7 Å². The van der Waals surface area contributed by atoms with Crippen LogP contribution in [-0.2, 0) is 4.79 Å². The molecule has 2 aliphatic rings. The molecule has 5 rings (SSSR count). The topological polar surface area (TPSA) is 104 Å². The number of halogens is 1. The SMILES string of the molecule is COc1ccc([C@@H]2CC(=O)C3=C(C2)Nc2nc(N)nn2[C@@H]3c2ccccc2F)cc1OC. The van der Waals surface area contributed by atoms with Crippen molar-refractivity contribution >= 4 is 17.7 Å². The Hall–Kier alpha value is -3.88. The van der Waals surface area contributed by atoms with E-state index >= 15 is 0 Å². The van der Waals surface area contributed by atoms with Crippen molar-refractivity contribution in [3.8, 4) is 11.5 Å². The Morgan fingerprint density at radius 1 is 1.12 bits per heavy atom. The number of fused-ring (bicyclic) bond motifs is 1. The van der Waals surface area contributed by atoms with Gasteiger partial charge in [0.15, 0.2) is 17.3 Å². The third-order valence-electron chi connectivity index (χ3n) is 6.02. The lowest BCUT2D eigenvalue weighted by Crippen LogP contribution is -2.34. The van der Waals surface area contributed by atoms with Crippen molar-refractivity contribution in [2.75, 3.05) is 25.3 Å². The average Bonchev–Trinajstić information content (AvgIpc) is 3.17. The number of rotatable bonds is 4. The van der Waals surface area contributed by atoms with Gasteiger partial charge in [-0.1, -0.05) is 24.3 Å². The van der Waals surface area contributed by atoms with E-state index in [-0.39, 0.29) is 24.1 Å². The molecule has 164 valence electrons. The highest BCUT2D eigenvalue weighted by Gasteiger charge is 2.40. The lowest BCUT2D eigenvalue weighted by Gasteiger charge is -2.35. The Bertz CT molecular complexity index is 1250. The number of nitrogens with two attached hydrogens (primary N) is 1. The first kappa shape index (κ1) is 20.0. The quantitative estimate of drug-likeness (QED) is 0.647. The molecule has 1 aliphatic carbocycles. The van der Waals surface area contributed by atoms with Crippen LogP contribution in [0.1, 0.15) is 35.9 Å². The Balaban J connectivity index is 1.59. The van der Waals surface area contributed by atoms with Gasteiger partial charge in [-0.25, -0.2) is 9.07 Å².